The van der Waals surface area contributed by atoms with E-state index in [1.165, 1.54) is 10.4 Å². The first kappa shape index (κ1) is 19.3. The third-order valence-corrected chi connectivity index (χ3v) is 5.15. The van der Waals surface area contributed by atoms with Gasteiger partial charge in [-0.05, 0) is 12.1 Å². The van der Waals surface area contributed by atoms with Crippen molar-refractivity contribution in [2.24, 2.45) is 0 Å². The molecule has 1 aromatic heterocycles. The minimum atomic E-state index is -3.75. The first-order valence-electron chi connectivity index (χ1n) is 8.86. The number of hydrogen-bond acceptors (Lipinski definition) is 6. The molecule has 2 unspecified atom stereocenters. The summed E-state index contributed by atoms with van der Waals surface area (Å²) in [7, 11) is 0. The summed E-state index contributed by atoms with van der Waals surface area (Å²) in [6.45, 7) is 0.389. The molecule has 0 bridgehead atoms. The molecule has 0 saturated heterocycles. The monoisotopic (exact) mass is 421 g/mol. The number of nitrogens with zero attached hydrogens (tertiary/aromatic N) is 2. The fraction of sp³-hybridized carbons (Fsp3) is 0.316. The average molecular weight is 421 g/mol. The molecule has 0 aliphatic carbocycles. The van der Waals surface area contributed by atoms with E-state index in [0.717, 1.165) is 16.7 Å². The number of para-hydroxylation sites is 2. The van der Waals surface area contributed by atoms with Gasteiger partial charge in [-0.1, -0.05) is 24.3 Å². The Kier molecular flexibility index (Phi) is 5.18. The smallest absolute Gasteiger partial charge is 0.366 e. The molecule has 2 aliphatic heterocycles. The molecule has 0 spiro atoms. The SMILES string of the molecule is O=C(C1COc2ccccc2O1)N1CC=CC(NC(=O)C(F)(F)c2cscn2)C1. The summed E-state index contributed by atoms with van der Waals surface area (Å²) >= 11 is 0.982. The van der Waals surface area contributed by atoms with Crippen LogP contribution in [0.3, 0.4) is 0 Å². The van der Waals surface area contributed by atoms with Crippen LogP contribution >= 0.6 is 11.3 Å². The second-order valence-electron chi connectivity index (χ2n) is 6.56. The quantitative estimate of drug-likeness (QED) is 0.764. The molecule has 4 rings (SSSR count). The first-order chi connectivity index (χ1) is 13.9. The van der Waals surface area contributed by atoms with Crippen LogP contribution in [0.15, 0.2) is 47.3 Å². The zero-order valence-corrected chi connectivity index (χ0v) is 15.9. The second kappa shape index (κ2) is 7.78. The molecule has 2 atom stereocenters. The van der Waals surface area contributed by atoms with E-state index in [-0.39, 0.29) is 25.6 Å². The average Bonchev–Trinajstić information content (AvgIpc) is 3.29. The van der Waals surface area contributed by atoms with Crippen molar-refractivity contribution >= 4 is 23.2 Å². The molecule has 2 aromatic rings. The molecule has 3 heterocycles. The predicted molar refractivity (Wildman–Crippen MR) is 100 cm³/mol. The number of aromatic nitrogens is 1. The summed E-state index contributed by atoms with van der Waals surface area (Å²) in [5, 5.41) is 3.40. The molecule has 0 saturated carbocycles. The van der Waals surface area contributed by atoms with Crippen molar-refractivity contribution in [2.75, 3.05) is 19.7 Å². The number of ether oxygens (including phenoxy) is 2. The van der Waals surface area contributed by atoms with Crippen molar-refractivity contribution < 1.29 is 27.8 Å². The van der Waals surface area contributed by atoms with Crippen molar-refractivity contribution in [3.8, 4) is 11.5 Å². The van der Waals surface area contributed by atoms with Gasteiger partial charge in [-0.25, -0.2) is 4.98 Å². The lowest BCUT2D eigenvalue weighted by atomic mass is 10.1. The summed E-state index contributed by atoms with van der Waals surface area (Å²) < 4.78 is 39.7. The van der Waals surface area contributed by atoms with Crippen LogP contribution in [0.4, 0.5) is 8.78 Å². The van der Waals surface area contributed by atoms with Crippen molar-refractivity contribution in [1.29, 1.82) is 0 Å². The number of alkyl halides is 2. The van der Waals surface area contributed by atoms with E-state index >= 15 is 0 Å². The molecular formula is C19H17F2N3O4S. The highest BCUT2D eigenvalue weighted by atomic mass is 32.1. The lowest BCUT2D eigenvalue weighted by molar-refractivity contribution is -0.149. The third kappa shape index (κ3) is 3.93. The Bertz CT molecular complexity index is 935. The number of rotatable bonds is 4. The Hall–Kier alpha value is -3.01. The summed E-state index contributed by atoms with van der Waals surface area (Å²) in [6.07, 6.45) is 2.39. The number of benzene rings is 1. The van der Waals surface area contributed by atoms with Gasteiger partial charge in [-0.2, -0.15) is 8.78 Å². The predicted octanol–water partition coefficient (Wildman–Crippen LogP) is 1.96. The Morgan fingerprint density at radius 1 is 1.28 bits per heavy atom. The maximum absolute atomic E-state index is 14.2. The van der Waals surface area contributed by atoms with Gasteiger partial charge in [0.25, 0.3) is 11.8 Å². The number of fused-ring (bicyclic) bond motifs is 1. The molecule has 1 N–H and O–H groups in total. The second-order valence-corrected chi connectivity index (χ2v) is 7.28. The van der Waals surface area contributed by atoms with Crippen LogP contribution in [0.1, 0.15) is 5.69 Å². The van der Waals surface area contributed by atoms with Gasteiger partial charge >= 0.3 is 5.92 Å². The standard InChI is InChI=1S/C19H17F2N3O4S/c20-19(21,16-10-29-11-22-16)18(26)23-12-4-3-7-24(8-12)17(25)15-9-27-13-5-1-2-6-14(13)28-15/h1-6,10-12,15H,7-9H2,(H,23,26). The van der Waals surface area contributed by atoms with Crippen LogP contribution in [-0.4, -0.2) is 53.5 Å². The Labute approximate surface area is 168 Å². The van der Waals surface area contributed by atoms with Gasteiger partial charge in [0.1, 0.15) is 12.3 Å². The third-order valence-electron chi connectivity index (χ3n) is 4.56. The zero-order chi connectivity index (χ0) is 20.4. The Balaban J connectivity index is 1.38. The number of carbonyl (C=O) groups is 2. The lowest BCUT2D eigenvalue weighted by Gasteiger charge is -2.34. The normalized spacial score (nSPS) is 21.0. The van der Waals surface area contributed by atoms with E-state index in [2.05, 4.69) is 10.3 Å². The largest absolute Gasteiger partial charge is 0.485 e. The van der Waals surface area contributed by atoms with Crippen molar-refractivity contribution in [2.45, 2.75) is 18.1 Å². The van der Waals surface area contributed by atoms with E-state index in [9.17, 15) is 18.4 Å². The van der Waals surface area contributed by atoms with Gasteiger partial charge in [-0.3, -0.25) is 9.59 Å². The zero-order valence-electron chi connectivity index (χ0n) is 15.1. The van der Waals surface area contributed by atoms with Crippen LogP contribution in [0.2, 0.25) is 0 Å². The van der Waals surface area contributed by atoms with Crippen LogP contribution in [-0.2, 0) is 15.5 Å². The summed E-state index contributed by atoms with van der Waals surface area (Å²) in [6, 6.07) is 6.27. The molecule has 0 radical (unpaired) electrons. The van der Waals surface area contributed by atoms with Crippen molar-refractivity contribution in [3.63, 3.8) is 0 Å². The van der Waals surface area contributed by atoms with Gasteiger partial charge in [-0.15, -0.1) is 11.3 Å². The van der Waals surface area contributed by atoms with Crippen molar-refractivity contribution in [1.82, 2.24) is 15.2 Å². The fourth-order valence-electron chi connectivity index (χ4n) is 3.09. The molecule has 2 aliphatic rings. The summed E-state index contributed by atoms with van der Waals surface area (Å²) in [5.74, 6) is -4.51. The van der Waals surface area contributed by atoms with Gasteiger partial charge in [0.2, 0.25) is 6.10 Å². The van der Waals surface area contributed by atoms with Crippen LogP contribution < -0.4 is 14.8 Å². The summed E-state index contributed by atoms with van der Waals surface area (Å²) in [4.78, 5) is 29.8. The molecule has 10 heteroatoms. The number of amides is 2. The molecule has 29 heavy (non-hydrogen) atoms. The van der Waals surface area contributed by atoms with Crippen LogP contribution in [0.5, 0.6) is 11.5 Å². The molecule has 152 valence electrons. The van der Waals surface area contributed by atoms with Gasteiger partial charge in [0.05, 0.1) is 11.6 Å². The highest BCUT2D eigenvalue weighted by molar-refractivity contribution is 7.07. The van der Waals surface area contributed by atoms with E-state index in [0.29, 0.717) is 11.5 Å². The fourth-order valence-corrected chi connectivity index (χ4v) is 3.66. The number of hydrogen-bond donors (Lipinski definition) is 1. The number of halogens is 2. The highest BCUT2D eigenvalue weighted by Gasteiger charge is 2.44. The van der Waals surface area contributed by atoms with E-state index < -0.39 is 29.7 Å². The Morgan fingerprint density at radius 3 is 2.83 bits per heavy atom. The molecular weight excluding hydrogens is 404 g/mol. The lowest BCUT2D eigenvalue weighted by Crippen LogP contribution is -2.54. The molecule has 2 amide bonds. The Morgan fingerprint density at radius 2 is 2.07 bits per heavy atom. The number of thiazole rings is 1. The minimum Gasteiger partial charge on any atom is -0.485 e. The van der Waals surface area contributed by atoms with E-state index in [1.54, 1.807) is 36.4 Å². The van der Waals surface area contributed by atoms with Gasteiger partial charge in [0, 0.05) is 18.5 Å². The van der Waals surface area contributed by atoms with Crippen LogP contribution in [0, 0.1) is 0 Å². The molecule has 1 aromatic carbocycles. The maximum Gasteiger partial charge on any atom is 0.366 e. The van der Waals surface area contributed by atoms with E-state index in [4.69, 9.17) is 9.47 Å². The van der Waals surface area contributed by atoms with E-state index in [1.807, 2.05) is 0 Å². The first-order valence-corrected chi connectivity index (χ1v) is 9.81. The van der Waals surface area contributed by atoms with Gasteiger partial charge in [0.15, 0.2) is 11.5 Å². The minimum absolute atomic E-state index is 0.0506. The highest BCUT2D eigenvalue weighted by Crippen LogP contribution is 2.31. The van der Waals surface area contributed by atoms with Crippen LogP contribution in [0.25, 0.3) is 0 Å². The maximum atomic E-state index is 14.2. The van der Waals surface area contributed by atoms with Crippen molar-refractivity contribution in [3.05, 3.63) is 53.0 Å². The molecule has 7 nitrogen and oxygen atoms in total. The summed E-state index contributed by atoms with van der Waals surface area (Å²) in [5.41, 5.74) is 0.640. The molecule has 0 fully saturated rings. The van der Waals surface area contributed by atoms with Gasteiger partial charge < -0.3 is 19.7 Å². The topological polar surface area (TPSA) is 80.8 Å². The number of nitrogens with one attached hydrogen (secondary N) is 1. The number of carbonyl (C=O) groups excluding carboxylic acids is 2.